The molecule has 0 radical (unpaired) electrons. The lowest BCUT2D eigenvalue weighted by molar-refractivity contribution is -0.121. The van der Waals surface area contributed by atoms with E-state index in [0.29, 0.717) is 23.6 Å². The first-order chi connectivity index (χ1) is 10.5. The molecule has 0 unspecified atom stereocenters. The average Bonchev–Trinajstić information content (AvgIpc) is 3.24. The molecule has 1 saturated carbocycles. The highest BCUT2D eigenvalue weighted by atomic mass is 19.1. The van der Waals surface area contributed by atoms with Gasteiger partial charge in [-0.2, -0.15) is 0 Å². The molecule has 0 saturated heterocycles. The summed E-state index contributed by atoms with van der Waals surface area (Å²) in [5.41, 5.74) is 6.85. The highest BCUT2D eigenvalue weighted by Gasteiger charge is 2.45. The highest BCUT2D eigenvalue weighted by molar-refractivity contribution is 5.83. The van der Waals surface area contributed by atoms with Gasteiger partial charge in [0, 0.05) is 17.7 Å². The number of carbonyl (C=O) groups is 1. The Morgan fingerprint density at radius 3 is 2.77 bits per heavy atom. The third-order valence-electron chi connectivity index (χ3n) is 3.71. The van der Waals surface area contributed by atoms with Gasteiger partial charge in [0.15, 0.2) is 0 Å². The summed E-state index contributed by atoms with van der Waals surface area (Å²) < 4.78 is 13.7. The van der Waals surface area contributed by atoms with Gasteiger partial charge in [0.25, 0.3) is 0 Å². The van der Waals surface area contributed by atoms with Crippen LogP contribution in [0.3, 0.4) is 0 Å². The van der Waals surface area contributed by atoms with E-state index in [1.807, 2.05) is 6.92 Å². The van der Waals surface area contributed by atoms with Gasteiger partial charge in [-0.25, -0.2) is 14.4 Å². The number of hydrogen-bond acceptors (Lipinski definition) is 4. The maximum absolute atomic E-state index is 13.7. The minimum Gasteiger partial charge on any atom is -0.282 e. The second-order valence-electron chi connectivity index (χ2n) is 5.53. The number of nitrogens with zero attached hydrogens (tertiary/aromatic N) is 2. The molecule has 1 amide bonds. The second kappa shape index (κ2) is 5.71. The lowest BCUT2D eigenvalue weighted by atomic mass is 10.1. The van der Waals surface area contributed by atoms with Crippen molar-refractivity contribution in [2.45, 2.75) is 26.2 Å². The molecule has 1 aliphatic rings. The van der Waals surface area contributed by atoms with Crippen LogP contribution in [0.25, 0.3) is 0 Å². The van der Waals surface area contributed by atoms with Crippen LogP contribution in [0.15, 0.2) is 30.3 Å². The van der Waals surface area contributed by atoms with Gasteiger partial charge < -0.3 is 0 Å². The van der Waals surface area contributed by atoms with Crippen molar-refractivity contribution in [1.29, 1.82) is 0 Å². The Morgan fingerprint density at radius 2 is 2.05 bits per heavy atom. The quantitative estimate of drug-likeness (QED) is 0.851. The van der Waals surface area contributed by atoms with E-state index < -0.39 is 0 Å². The van der Waals surface area contributed by atoms with Crippen molar-refractivity contribution in [1.82, 2.24) is 15.4 Å². The molecule has 3 rings (SSSR count). The maximum atomic E-state index is 13.7. The number of benzene rings is 1. The molecule has 2 aromatic rings. The van der Waals surface area contributed by atoms with Crippen molar-refractivity contribution in [2.24, 2.45) is 5.92 Å². The molecular weight excluding hydrogens is 283 g/mol. The zero-order chi connectivity index (χ0) is 15.7. The van der Waals surface area contributed by atoms with Crippen LogP contribution >= 0.6 is 0 Å². The molecule has 6 heteroatoms. The van der Waals surface area contributed by atoms with Crippen molar-refractivity contribution in [3.8, 4) is 0 Å². The van der Waals surface area contributed by atoms with Crippen LogP contribution in [0.4, 0.5) is 10.2 Å². The fourth-order valence-electron chi connectivity index (χ4n) is 2.60. The number of hydrogen-bond donors (Lipinski definition) is 2. The van der Waals surface area contributed by atoms with E-state index in [4.69, 9.17) is 0 Å². The van der Waals surface area contributed by atoms with E-state index in [1.165, 1.54) is 6.07 Å². The van der Waals surface area contributed by atoms with E-state index >= 15 is 0 Å². The summed E-state index contributed by atoms with van der Waals surface area (Å²) in [6.45, 7) is 3.64. The Morgan fingerprint density at radius 1 is 1.27 bits per heavy atom. The molecule has 1 aromatic heterocycles. The van der Waals surface area contributed by atoms with E-state index in [-0.39, 0.29) is 23.6 Å². The van der Waals surface area contributed by atoms with Gasteiger partial charge >= 0.3 is 0 Å². The second-order valence-corrected chi connectivity index (χ2v) is 5.53. The monoisotopic (exact) mass is 300 g/mol. The number of rotatable bonds is 4. The zero-order valence-electron chi connectivity index (χ0n) is 12.4. The van der Waals surface area contributed by atoms with Gasteiger partial charge in [-0.15, -0.1) is 0 Å². The van der Waals surface area contributed by atoms with Crippen molar-refractivity contribution in [2.75, 3.05) is 5.43 Å². The molecule has 1 fully saturated rings. The predicted octanol–water partition coefficient (Wildman–Crippen LogP) is 2.48. The number of halogens is 1. The largest absolute Gasteiger partial charge is 0.282 e. The Balaban J connectivity index is 1.59. The van der Waals surface area contributed by atoms with Crippen LogP contribution in [-0.4, -0.2) is 15.9 Å². The van der Waals surface area contributed by atoms with Crippen LogP contribution in [-0.2, 0) is 4.79 Å². The fraction of sp³-hybridized carbons (Fsp3) is 0.312. The van der Waals surface area contributed by atoms with Gasteiger partial charge in [0.05, 0.1) is 0 Å². The molecule has 114 valence electrons. The number of amides is 1. The van der Waals surface area contributed by atoms with Gasteiger partial charge in [0.1, 0.15) is 17.5 Å². The first-order valence-corrected chi connectivity index (χ1v) is 7.17. The number of hydrazine groups is 1. The van der Waals surface area contributed by atoms with E-state index in [1.54, 1.807) is 31.2 Å². The average molecular weight is 300 g/mol. The molecular formula is C16H17FN4O. The highest BCUT2D eigenvalue weighted by Crippen LogP contribution is 2.48. The summed E-state index contributed by atoms with van der Waals surface area (Å²) in [4.78, 5) is 20.4. The van der Waals surface area contributed by atoms with Gasteiger partial charge in [-0.3, -0.25) is 15.6 Å². The van der Waals surface area contributed by atoms with Crippen molar-refractivity contribution in [3.05, 3.63) is 53.2 Å². The third kappa shape index (κ3) is 3.05. The summed E-state index contributed by atoms with van der Waals surface area (Å²) in [7, 11) is 0. The zero-order valence-corrected chi connectivity index (χ0v) is 12.4. The number of aromatic nitrogens is 2. The Labute approximate surface area is 128 Å². The standard InChI is InChI=1S/C16H17FN4O/c1-9-7-15(19-10(2)18-9)20-21-16(22)13-8-12(13)11-5-3-4-6-14(11)17/h3-7,12-13H,8H2,1-2H3,(H,21,22)(H,18,19,20)/t12-,13-/m0/s1. The van der Waals surface area contributed by atoms with E-state index in [9.17, 15) is 9.18 Å². The number of carbonyl (C=O) groups excluding carboxylic acids is 1. The summed E-state index contributed by atoms with van der Waals surface area (Å²) in [6.07, 6.45) is 0.663. The van der Waals surface area contributed by atoms with Gasteiger partial charge in [-0.05, 0) is 37.8 Å². The molecule has 5 nitrogen and oxygen atoms in total. The minimum atomic E-state index is -0.252. The van der Waals surface area contributed by atoms with Crippen LogP contribution in [0.5, 0.6) is 0 Å². The van der Waals surface area contributed by atoms with Crippen LogP contribution in [0, 0.1) is 25.6 Å². The Bertz CT molecular complexity index is 699. The molecule has 0 bridgehead atoms. The van der Waals surface area contributed by atoms with Crippen molar-refractivity contribution >= 4 is 11.7 Å². The lowest BCUT2D eigenvalue weighted by Crippen LogP contribution is -2.31. The van der Waals surface area contributed by atoms with Crippen LogP contribution in [0.1, 0.15) is 29.4 Å². The Kier molecular flexibility index (Phi) is 3.75. The molecule has 2 N–H and O–H groups in total. The molecule has 2 atom stereocenters. The number of anilines is 1. The predicted molar refractivity (Wildman–Crippen MR) is 80.5 cm³/mol. The molecule has 1 aliphatic carbocycles. The SMILES string of the molecule is Cc1cc(NNC(=O)[C@H]2C[C@H]2c2ccccc2F)nc(C)n1. The van der Waals surface area contributed by atoms with E-state index in [0.717, 1.165) is 5.69 Å². The van der Waals surface area contributed by atoms with E-state index in [2.05, 4.69) is 20.8 Å². The smallest absolute Gasteiger partial charge is 0.242 e. The fourth-order valence-corrected chi connectivity index (χ4v) is 2.60. The van der Waals surface area contributed by atoms with Crippen molar-refractivity contribution in [3.63, 3.8) is 0 Å². The molecule has 1 heterocycles. The number of aryl methyl sites for hydroxylation is 2. The maximum Gasteiger partial charge on any atom is 0.242 e. The topological polar surface area (TPSA) is 66.9 Å². The summed E-state index contributed by atoms with van der Waals surface area (Å²) in [5, 5.41) is 0. The minimum absolute atomic E-state index is 0.0446. The van der Waals surface area contributed by atoms with Crippen molar-refractivity contribution < 1.29 is 9.18 Å². The molecule has 0 aliphatic heterocycles. The normalized spacial score (nSPS) is 19.6. The summed E-state index contributed by atoms with van der Waals surface area (Å²) in [6, 6.07) is 8.34. The third-order valence-corrected chi connectivity index (χ3v) is 3.71. The lowest BCUT2D eigenvalue weighted by Gasteiger charge is -2.09. The summed E-state index contributed by atoms with van der Waals surface area (Å²) >= 11 is 0. The Hall–Kier alpha value is -2.50. The first-order valence-electron chi connectivity index (χ1n) is 7.17. The molecule has 0 spiro atoms. The van der Waals surface area contributed by atoms with Gasteiger partial charge in [0.2, 0.25) is 5.91 Å². The summed E-state index contributed by atoms with van der Waals surface area (Å²) in [5.74, 6) is 0.527. The van der Waals surface area contributed by atoms with Gasteiger partial charge in [-0.1, -0.05) is 18.2 Å². The molecule has 22 heavy (non-hydrogen) atoms. The number of nitrogens with one attached hydrogen (secondary N) is 2. The van der Waals surface area contributed by atoms with Crippen LogP contribution in [0.2, 0.25) is 0 Å². The first kappa shape index (κ1) is 14.4. The molecule has 1 aromatic carbocycles. The van der Waals surface area contributed by atoms with Crippen LogP contribution < -0.4 is 10.9 Å².